The van der Waals surface area contributed by atoms with Gasteiger partial charge in [0.1, 0.15) is 0 Å². The van der Waals surface area contributed by atoms with Crippen LogP contribution >= 0.6 is 0 Å². The molecular formula is C31H24Cl2Ti-2. The summed E-state index contributed by atoms with van der Waals surface area (Å²) in [5.41, 5.74) is 8.09. The van der Waals surface area contributed by atoms with E-state index in [9.17, 15) is 0 Å². The summed E-state index contributed by atoms with van der Waals surface area (Å²) in [7, 11) is 0. The Balaban J connectivity index is 0.000000191. The minimum atomic E-state index is 0. The summed E-state index contributed by atoms with van der Waals surface area (Å²) in [6.07, 6.45) is 11.0. The SMILES string of the molecule is [C-]1=CC=CC1.[Cl-].[Cl-].[Ti+2]=[C](c1ccccc1)c1ccccc1.[c-]1cccc2c1Cc1ccccc1-2. The van der Waals surface area contributed by atoms with E-state index in [1.807, 2.05) is 30.4 Å². The first kappa shape index (κ1) is 27.8. The molecule has 168 valence electrons. The van der Waals surface area contributed by atoms with Crippen molar-refractivity contribution in [3.63, 3.8) is 0 Å². The van der Waals surface area contributed by atoms with Crippen molar-refractivity contribution < 1.29 is 44.8 Å². The van der Waals surface area contributed by atoms with Crippen LogP contribution in [0, 0.1) is 12.1 Å². The van der Waals surface area contributed by atoms with Crippen LogP contribution in [-0.4, -0.2) is 3.81 Å². The number of fused-ring (bicyclic) bond motifs is 3. The van der Waals surface area contributed by atoms with Crippen LogP contribution in [0.5, 0.6) is 0 Å². The van der Waals surface area contributed by atoms with Crippen molar-refractivity contribution in [1.82, 2.24) is 0 Å². The Labute approximate surface area is 227 Å². The van der Waals surface area contributed by atoms with Gasteiger partial charge in [-0.1, -0.05) is 35.4 Å². The molecule has 0 heterocycles. The number of hydrogen-bond acceptors (Lipinski definition) is 0. The fourth-order valence-corrected chi connectivity index (χ4v) is 4.23. The fraction of sp³-hybridized carbons (Fsp3) is 0.0645. The minimum absolute atomic E-state index is 0. The predicted octanol–water partition coefficient (Wildman–Crippen LogP) is 1.17. The molecule has 0 spiro atoms. The molecule has 0 bridgehead atoms. The molecule has 2 aliphatic rings. The van der Waals surface area contributed by atoms with Crippen LogP contribution in [0.25, 0.3) is 11.1 Å². The van der Waals surface area contributed by atoms with Gasteiger partial charge in [-0.25, -0.2) is 12.2 Å². The van der Waals surface area contributed by atoms with Gasteiger partial charge in [0, 0.05) is 0 Å². The van der Waals surface area contributed by atoms with E-state index in [0.717, 1.165) is 12.8 Å². The van der Waals surface area contributed by atoms with E-state index in [1.165, 1.54) is 37.2 Å². The smallest absolute Gasteiger partial charge is 0.0253 e. The second-order valence-electron chi connectivity index (χ2n) is 7.51. The largest absolute Gasteiger partial charge is 0.179 e. The van der Waals surface area contributed by atoms with Gasteiger partial charge in [0.25, 0.3) is 0 Å². The Bertz CT molecular complexity index is 1130. The molecule has 6 rings (SSSR count). The van der Waals surface area contributed by atoms with E-state index >= 15 is 0 Å². The Kier molecular flexibility index (Phi) is 12.0. The third-order valence-corrected chi connectivity index (χ3v) is 6.23. The third-order valence-electron chi connectivity index (χ3n) is 5.33. The average Bonchev–Trinajstić information content (AvgIpc) is 3.57. The number of rotatable bonds is 2. The Morgan fingerprint density at radius 2 is 1.26 bits per heavy atom. The summed E-state index contributed by atoms with van der Waals surface area (Å²) in [5, 5.41) is 0. The van der Waals surface area contributed by atoms with E-state index in [4.69, 9.17) is 0 Å². The molecule has 2 aliphatic carbocycles. The van der Waals surface area contributed by atoms with Crippen LogP contribution < -0.4 is 24.8 Å². The Morgan fingerprint density at radius 1 is 0.676 bits per heavy atom. The van der Waals surface area contributed by atoms with Gasteiger partial charge in [-0.15, -0.1) is 12.0 Å². The monoisotopic (exact) mass is 514 g/mol. The minimum Gasteiger partial charge on any atom is -0.179 e. The van der Waals surface area contributed by atoms with Gasteiger partial charge in [0.15, 0.2) is 0 Å². The first-order valence-electron chi connectivity index (χ1n) is 10.8. The second-order valence-corrected chi connectivity index (χ2v) is 8.29. The molecule has 3 heteroatoms. The van der Waals surface area contributed by atoms with E-state index in [2.05, 4.69) is 123 Å². The molecule has 0 unspecified atom stereocenters. The van der Waals surface area contributed by atoms with Crippen LogP contribution in [0.1, 0.15) is 28.7 Å². The molecule has 0 saturated heterocycles. The third kappa shape index (κ3) is 7.52. The first-order chi connectivity index (χ1) is 15.8. The number of hydrogen-bond donors (Lipinski definition) is 0. The van der Waals surface area contributed by atoms with E-state index in [0.29, 0.717) is 0 Å². The molecule has 4 aromatic carbocycles. The van der Waals surface area contributed by atoms with Gasteiger partial charge in [-0.3, -0.25) is 6.08 Å². The van der Waals surface area contributed by atoms with Crippen molar-refractivity contribution in [1.29, 1.82) is 0 Å². The summed E-state index contributed by atoms with van der Waals surface area (Å²) < 4.78 is 1.33. The van der Waals surface area contributed by atoms with Gasteiger partial charge >= 0.3 is 95.6 Å². The normalized spacial score (nSPS) is 11.4. The van der Waals surface area contributed by atoms with E-state index in [-0.39, 0.29) is 24.8 Å². The van der Waals surface area contributed by atoms with Crippen molar-refractivity contribution >= 4 is 3.81 Å². The zero-order chi connectivity index (χ0) is 22.0. The van der Waals surface area contributed by atoms with Crippen LogP contribution in [-0.2, 0) is 26.4 Å². The van der Waals surface area contributed by atoms with Crippen molar-refractivity contribution in [2.75, 3.05) is 0 Å². The average molecular weight is 515 g/mol. The molecule has 0 saturated carbocycles. The summed E-state index contributed by atoms with van der Waals surface area (Å²) in [5.74, 6) is 0. The molecule has 0 N–H and O–H groups in total. The van der Waals surface area contributed by atoms with E-state index in [1.54, 1.807) is 0 Å². The summed E-state index contributed by atoms with van der Waals surface area (Å²) in [6.45, 7) is 0. The van der Waals surface area contributed by atoms with Gasteiger partial charge in [-0.05, 0) is 6.42 Å². The quantitative estimate of drug-likeness (QED) is 0.245. The summed E-state index contributed by atoms with van der Waals surface area (Å²) in [4.78, 5) is 0. The molecule has 0 amide bonds. The zero-order valence-corrected chi connectivity index (χ0v) is 21.8. The van der Waals surface area contributed by atoms with Crippen molar-refractivity contribution in [3.8, 4) is 11.1 Å². The van der Waals surface area contributed by atoms with Gasteiger partial charge in [0.2, 0.25) is 0 Å². The standard InChI is InChI=1S/C13H9.C13H10.C5H5.2ClH.Ti/c1-3-7-12-10(5-1)9-11-6-2-4-8-13(11)12;1-3-7-12(8-4-1)11-13-9-5-2-6-10-13;1-2-4-5-3-1;;;/h1-5,7-8H,9H2;1-10H;1-3H,4H2;2*1H;/q-1;;-1;;;+2/p-2. The summed E-state index contributed by atoms with van der Waals surface area (Å²) >= 11 is 2.16. The van der Waals surface area contributed by atoms with Crippen LogP contribution in [0.4, 0.5) is 0 Å². The Hall–Kier alpha value is -2.48. The molecule has 4 aromatic rings. The molecule has 0 atom stereocenters. The summed E-state index contributed by atoms with van der Waals surface area (Å²) in [6, 6.07) is 39.0. The molecule has 0 nitrogen and oxygen atoms in total. The van der Waals surface area contributed by atoms with Crippen molar-refractivity contribution in [2.24, 2.45) is 0 Å². The molecular weight excluding hydrogens is 491 g/mol. The van der Waals surface area contributed by atoms with Crippen LogP contribution in [0.15, 0.2) is 121 Å². The molecule has 34 heavy (non-hydrogen) atoms. The zero-order valence-electron chi connectivity index (χ0n) is 18.7. The molecule has 0 fully saturated rings. The van der Waals surface area contributed by atoms with Crippen molar-refractivity contribution in [3.05, 3.63) is 156 Å². The van der Waals surface area contributed by atoms with E-state index < -0.39 is 0 Å². The predicted molar refractivity (Wildman–Crippen MR) is 131 cm³/mol. The van der Waals surface area contributed by atoms with Gasteiger partial charge in [-0.2, -0.15) is 35.9 Å². The number of benzene rings is 4. The first-order valence-corrected chi connectivity index (χ1v) is 11.6. The van der Waals surface area contributed by atoms with Crippen molar-refractivity contribution in [2.45, 2.75) is 12.8 Å². The molecule has 0 radical (unpaired) electrons. The topological polar surface area (TPSA) is 0 Å². The molecule has 0 aromatic heterocycles. The maximum Gasteiger partial charge on any atom is -0.0253 e. The molecule has 0 aliphatic heterocycles. The van der Waals surface area contributed by atoms with Gasteiger partial charge < -0.3 is 24.8 Å². The second kappa shape index (κ2) is 14.7. The van der Waals surface area contributed by atoms with Gasteiger partial charge in [0.05, 0.1) is 0 Å². The number of halogens is 2. The Morgan fingerprint density at radius 3 is 1.82 bits per heavy atom. The van der Waals surface area contributed by atoms with Crippen LogP contribution in [0.3, 0.4) is 0 Å². The fourth-order valence-electron chi connectivity index (χ4n) is 3.71. The number of allylic oxidation sites excluding steroid dienone is 4. The maximum absolute atomic E-state index is 3.30. The maximum atomic E-state index is 3.30. The van der Waals surface area contributed by atoms with Crippen LogP contribution in [0.2, 0.25) is 0 Å².